The Morgan fingerprint density at radius 3 is 2.45 bits per heavy atom. The molecule has 98 valence electrons. The zero-order chi connectivity index (χ0) is 13.8. The van der Waals surface area contributed by atoms with E-state index >= 15 is 0 Å². The summed E-state index contributed by atoms with van der Waals surface area (Å²) in [6, 6.07) is 19.8. The van der Waals surface area contributed by atoms with E-state index < -0.39 is 0 Å². The molecule has 1 heterocycles. The maximum atomic E-state index is 12.0. The van der Waals surface area contributed by atoms with Crippen LogP contribution in [-0.4, -0.2) is 5.91 Å². The summed E-state index contributed by atoms with van der Waals surface area (Å²) in [5.74, 6) is -0.0727. The molecule has 0 aliphatic heterocycles. The summed E-state index contributed by atoms with van der Waals surface area (Å²) in [5, 5.41) is 6.66. The van der Waals surface area contributed by atoms with Crippen LogP contribution in [0.5, 0.6) is 0 Å². The molecule has 0 bridgehead atoms. The molecule has 2 nitrogen and oxygen atoms in total. The minimum atomic E-state index is -0.0727. The van der Waals surface area contributed by atoms with E-state index in [1.807, 2.05) is 59.3 Å². The van der Waals surface area contributed by atoms with Crippen molar-refractivity contribution < 1.29 is 4.79 Å². The number of carbonyl (C=O) groups is 1. The first-order chi connectivity index (χ1) is 9.83. The molecule has 0 aliphatic carbocycles. The number of hydrogen-bond acceptors (Lipinski definition) is 2. The van der Waals surface area contributed by atoms with Crippen molar-refractivity contribution in [3.63, 3.8) is 0 Å². The fraction of sp³-hybridized carbons (Fsp3) is 0. The summed E-state index contributed by atoms with van der Waals surface area (Å²) in [6.07, 6.45) is 0. The second-order valence-corrected chi connectivity index (χ2v) is 5.19. The smallest absolute Gasteiger partial charge is 0.256 e. The lowest BCUT2D eigenvalue weighted by molar-refractivity contribution is 0.102. The van der Waals surface area contributed by atoms with E-state index in [1.54, 1.807) is 0 Å². The van der Waals surface area contributed by atoms with Gasteiger partial charge in [-0.15, -0.1) is 0 Å². The second-order valence-electron chi connectivity index (χ2n) is 4.41. The number of benzene rings is 2. The molecule has 0 saturated carbocycles. The molecule has 0 unspecified atom stereocenters. The molecule has 2 aromatic carbocycles. The van der Waals surface area contributed by atoms with Gasteiger partial charge in [-0.3, -0.25) is 4.79 Å². The first-order valence-corrected chi connectivity index (χ1v) is 7.26. The summed E-state index contributed by atoms with van der Waals surface area (Å²) in [4.78, 5) is 12.0. The highest BCUT2D eigenvalue weighted by atomic mass is 32.1. The van der Waals surface area contributed by atoms with Crippen LogP contribution in [0.2, 0.25) is 0 Å². The molecule has 20 heavy (non-hydrogen) atoms. The molecule has 0 spiro atoms. The van der Waals surface area contributed by atoms with Gasteiger partial charge in [-0.25, -0.2) is 0 Å². The van der Waals surface area contributed by atoms with Crippen LogP contribution in [0.4, 0.5) is 5.69 Å². The van der Waals surface area contributed by atoms with Crippen molar-refractivity contribution in [2.75, 3.05) is 5.32 Å². The number of rotatable bonds is 3. The van der Waals surface area contributed by atoms with Crippen molar-refractivity contribution in [3.05, 3.63) is 77.0 Å². The lowest BCUT2D eigenvalue weighted by Crippen LogP contribution is -2.10. The molecule has 1 N–H and O–H groups in total. The molecular formula is C17H13NOS. The Labute approximate surface area is 121 Å². The first-order valence-electron chi connectivity index (χ1n) is 6.32. The van der Waals surface area contributed by atoms with Crippen molar-refractivity contribution in [3.8, 4) is 11.1 Å². The van der Waals surface area contributed by atoms with Crippen LogP contribution in [-0.2, 0) is 0 Å². The van der Waals surface area contributed by atoms with Gasteiger partial charge in [-0.2, -0.15) is 11.3 Å². The predicted octanol–water partition coefficient (Wildman–Crippen LogP) is 4.67. The zero-order valence-electron chi connectivity index (χ0n) is 10.7. The van der Waals surface area contributed by atoms with E-state index in [2.05, 4.69) is 17.4 Å². The number of hydrogen-bond donors (Lipinski definition) is 1. The average molecular weight is 279 g/mol. The van der Waals surface area contributed by atoms with Crippen molar-refractivity contribution in [2.45, 2.75) is 0 Å². The van der Waals surface area contributed by atoms with E-state index in [0.717, 1.165) is 16.8 Å². The summed E-state index contributed by atoms with van der Waals surface area (Å²) >= 11 is 1.52. The molecular weight excluding hydrogens is 266 g/mol. The van der Waals surface area contributed by atoms with E-state index in [4.69, 9.17) is 0 Å². The highest BCUT2D eigenvalue weighted by Crippen LogP contribution is 2.22. The van der Waals surface area contributed by atoms with Crippen molar-refractivity contribution in [1.29, 1.82) is 0 Å². The Bertz CT molecular complexity index is 705. The normalized spacial score (nSPS) is 10.2. The van der Waals surface area contributed by atoms with Crippen LogP contribution in [0, 0.1) is 0 Å². The topological polar surface area (TPSA) is 29.1 Å². The molecule has 0 atom stereocenters. The van der Waals surface area contributed by atoms with Gasteiger partial charge in [0.2, 0.25) is 0 Å². The molecule has 3 aromatic rings. The van der Waals surface area contributed by atoms with Gasteiger partial charge in [0.1, 0.15) is 0 Å². The van der Waals surface area contributed by atoms with Crippen molar-refractivity contribution in [2.24, 2.45) is 0 Å². The average Bonchev–Trinajstić information content (AvgIpc) is 3.03. The van der Waals surface area contributed by atoms with Gasteiger partial charge in [0.25, 0.3) is 5.91 Å². The standard InChI is InChI=1S/C17H13NOS/c19-17(15-9-10-20-12-15)18-16-8-4-7-14(11-16)13-5-2-1-3-6-13/h1-12H,(H,18,19). The third-order valence-electron chi connectivity index (χ3n) is 3.01. The molecule has 3 rings (SSSR count). The second kappa shape index (κ2) is 5.72. The summed E-state index contributed by atoms with van der Waals surface area (Å²) in [6.45, 7) is 0. The fourth-order valence-electron chi connectivity index (χ4n) is 2.00. The van der Waals surface area contributed by atoms with E-state index in [1.165, 1.54) is 11.3 Å². The maximum absolute atomic E-state index is 12.0. The molecule has 3 heteroatoms. The molecule has 1 aromatic heterocycles. The van der Waals surface area contributed by atoms with Crippen LogP contribution in [0.3, 0.4) is 0 Å². The predicted molar refractivity (Wildman–Crippen MR) is 84.2 cm³/mol. The van der Waals surface area contributed by atoms with Gasteiger partial charge in [-0.05, 0) is 34.7 Å². The molecule has 0 saturated heterocycles. The minimum absolute atomic E-state index is 0.0727. The summed E-state index contributed by atoms with van der Waals surface area (Å²) in [7, 11) is 0. The van der Waals surface area contributed by atoms with Crippen LogP contribution in [0.25, 0.3) is 11.1 Å². The van der Waals surface area contributed by atoms with Crippen molar-refractivity contribution >= 4 is 22.9 Å². The van der Waals surface area contributed by atoms with E-state index in [9.17, 15) is 4.79 Å². The van der Waals surface area contributed by atoms with Gasteiger partial charge >= 0.3 is 0 Å². The Morgan fingerprint density at radius 2 is 1.70 bits per heavy atom. The van der Waals surface area contributed by atoms with Gasteiger partial charge in [0.05, 0.1) is 5.56 Å². The van der Waals surface area contributed by atoms with Gasteiger partial charge in [0, 0.05) is 11.1 Å². The lowest BCUT2D eigenvalue weighted by Gasteiger charge is -2.07. The van der Waals surface area contributed by atoms with Crippen LogP contribution in [0.1, 0.15) is 10.4 Å². The van der Waals surface area contributed by atoms with Gasteiger partial charge < -0.3 is 5.32 Å². The van der Waals surface area contributed by atoms with Crippen molar-refractivity contribution in [1.82, 2.24) is 0 Å². The monoisotopic (exact) mass is 279 g/mol. The number of thiophene rings is 1. The largest absolute Gasteiger partial charge is 0.322 e. The molecule has 0 radical (unpaired) electrons. The molecule has 0 fully saturated rings. The van der Waals surface area contributed by atoms with E-state index in [-0.39, 0.29) is 5.91 Å². The van der Waals surface area contributed by atoms with Crippen LogP contribution >= 0.6 is 11.3 Å². The fourth-order valence-corrected chi connectivity index (χ4v) is 2.64. The number of carbonyl (C=O) groups excluding carboxylic acids is 1. The number of anilines is 1. The van der Waals surface area contributed by atoms with Crippen LogP contribution < -0.4 is 5.32 Å². The summed E-state index contributed by atoms with van der Waals surface area (Å²) in [5.41, 5.74) is 3.73. The SMILES string of the molecule is O=C(Nc1cccc(-c2ccccc2)c1)c1ccsc1. The Morgan fingerprint density at radius 1 is 0.900 bits per heavy atom. The summed E-state index contributed by atoms with van der Waals surface area (Å²) < 4.78 is 0. The van der Waals surface area contributed by atoms with Gasteiger partial charge in [0.15, 0.2) is 0 Å². The quantitative estimate of drug-likeness (QED) is 0.741. The Hall–Kier alpha value is -2.39. The lowest BCUT2D eigenvalue weighted by atomic mass is 10.1. The Balaban J connectivity index is 1.83. The highest BCUT2D eigenvalue weighted by molar-refractivity contribution is 7.08. The molecule has 0 aliphatic rings. The Kier molecular flexibility index (Phi) is 3.61. The minimum Gasteiger partial charge on any atom is -0.322 e. The van der Waals surface area contributed by atoms with E-state index in [0.29, 0.717) is 5.56 Å². The van der Waals surface area contributed by atoms with Crippen LogP contribution in [0.15, 0.2) is 71.4 Å². The third kappa shape index (κ3) is 2.78. The first kappa shape index (κ1) is 12.6. The number of nitrogens with one attached hydrogen (secondary N) is 1. The third-order valence-corrected chi connectivity index (χ3v) is 3.69. The zero-order valence-corrected chi connectivity index (χ0v) is 11.6. The van der Waals surface area contributed by atoms with Gasteiger partial charge in [-0.1, -0.05) is 42.5 Å². The number of amides is 1. The highest BCUT2D eigenvalue weighted by Gasteiger charge is 2.06. The molecule has 1 amide bonds. The maximum Gasteiger partial charge on any atom is 0.256 e.